The number of hydrogen-bond donors (Lipinski definition) is 2. The number of halogens is 3. The minimum absolute atomic E-state index is 0.109. The van der Waals surface area contributed by atoms with Crippen LogP contribution in [0.2, 0.25) is 0 Å². The number of benzene rings is 1. The van der Waals surface area contributed by atoms with E-state index in [1.165, 1.54) is 6.33 Å². The van der Waals surface area contributed by atoms with E-state index in [1.54, 1.807) is 24.3 Å². The lowest BCUT2D eigenvalue weighted by Crippen LogP contribution is -2.21. The molecule has 0 aliphatic carbocycles. The van der Waals surface area contributed by atoms with E-state index in [0.717, 1.165) is 0 Å². The predicted octanol–water partition coefficient (Wildman–Crippen LogP) is 2.40. The van der Waals surface area contributed by atoms with Gasteiger partial charge in [0, 0.05) is 5.39 Å². The molecule has 2 aromatic rings. The van der Waals surface area contributed by atoms with Crippen LogP contribution in [0.25, 0.3) is 10.9 Å². The molecule has 0 spiro atoms. The van der Waals surface area contributed by atoms with Crippen molar-refractivity contribution in [2.24, 2.45) is 5.73 Å². The number of alkyl halides is 3. The number of nitrogens with zero attached hydrogens (tertiary/aromatic N) is 2. The number of nitrogens with two attached hydrogens (primary N) is 1. The summed E-state index contributed by atoms with van der Waals surface area (Å²) in [5.74, 6) is 0. The highest BCUT2D eigenvalue weighted by molar-refractivity contribution is 6.12. The molecule has 0 amide bonds. The van der Waals surface area contributed by atoms with E-state index in [9.17, 15) is 13.2 Å². The highest BCUT2D eigenvalue weighted by atomic mass is 19.4. The van der Waals surface area contributed by atoms with Gasteiger partial charge < -0.3 is 5.73 Å². The quantitative estimate of drug-likeness (QED) is 0.819. The van der Waals surface area contributed by atoms with Crippen molar-refractivity contribution in [2.45, 2.75) is 6.18 Å². The Kier molecular flexibility index (Phi) is 3.20. The van der Waals surface area contributed by atoms with Gasteiger partial charge in [-0.3, -0.25) is 5.41 Å². The fourth-order valence-corrected chi connectivity index (χ4v) is 1.53. The van der Waals surface area contributed by atoms with Gasteiger partial charge in [0.15, 0.2) is 0 Å². The monoisotopic (exact) mass is 266 g/mol. The number of allylic oxidation sites excluding steroid dienone is 2. The molecule has 0 radical (unpaired) electrons. The van der Waals surface area contributed by atoms with Gasteiger partial charge in [-0.1, -0.05) is 18.2 Å². The second-order valence-electron chi connectivity index (χ2n) is 3.75. The van der Waals surface area contributed by atoms with Crippen LogP contribution in [0, 0.1) is 5.41 Å². The van der Waals surface area contributed by atoms with Gasteiger partial charge in [0.05, 0.1) is 16.9 Å². The van der Waals surface area contributed by atoms with Crippen molar-refractivity contribution in [1.82, 2.24) is 9.97 Å². The van der Waals surface area contributed by atoms with Crippen LogP contribution >= 0.6 is 0 Å². The van der Waals surface area contributed by atoms with E-state index in [2.05, 4.69) is 9.97 Å². The van der Waals surface area contributed by atoms with E-state index in [1.807, 2.05) is 0 Å². The Labute approximate surface area is 106 Å². The summed E-state index contributed by atoms with van der Waals surface area (Å²) < 4.78 is 36.9. The maximum Gasteiger partial charge on any atom is 0.430 e. The van der Waals surface area contributed by atoms with Crippen molar-refractivity contribution in [1.29, 1.82) is 5.41 Å². The molecule has 98 valence electrons. The Balaban J connectivity index is 2.49. The Bertz CT molecular complexity index is 656. The van der Waals surface area contributed by atoms with Crippen LogP contribution in [-0.4, -0.2) is 21.9 Å². The minimum Gasteiger partial charge on any atom is -0.395 e. The molecule has 1 aromatic heterocycles. The second kappa shape index (κ2) is 4.68. The van der Waals surface area contributed by atoms with Crippen LogP contribution < -0.4 is 5.73 Å². The fourth-order valence-electron chi connectivity index (χ4n) is 1.53. The molecule has 0 atom stereocenters. The molecule has 3 N–H and O–H groups in total. The van der Waals surface area contributed by atoms with E-state index in [0.29, 0.717) is 17.0 Å². The van der Waals surface area contributed by atoms with Crippen molar-refractivity contribution in [3.63, 3.8) is 0 Å². The lowest BCUT2D eigenvalue weighted by molar-refractivity contribution is -0.0925. The maximum absolute atomic E-state index is 12.3. The standard InChI is InChI=1S/C12H9F3N4/c13-12(14,15)10(17)5-8(16)11-7-3-1-2-4-9(7)18-6-19-11/h1-6,16H,17H2. The predicted molar refractivity (Wildman–Crippen MR) is 64.7 cm³/mol. The number of aromatic nitrogens is 2. The Morgan fingerprint density at radius 1 is 1.21 bits per heavy atom. The summed E-state index contributed by atoms with van der Waals surface area (Å²) in [6.07, 6.45) is -2.91. The molecule has 1 aromatic carbocycles. The van der Waals surface area contributed by atoms with Gasteiger partial charge in [-0.05, 0) is 12.1 Å². The summed E-state index contributed by atoms with van der Waals surface area (Å²) in [5, 5.41) is 8.18. The minimum atomic E-state index is -4.66. The van der Waals surface area contributed by atoms with E-state index in [-0.39, 0.29) is 5.69 Å². The molecule has 0 aliphatic heterocycles. The first-order chi connectivity index (χ1) is 8.89. The smallest absolute Gasteiger partial charge is 0.395 e. The average molecular weight is 266 g/mol. The number of fused-ring (bicyclic) bond motifs is 1. The Hall–Kier alpha value is -2.44. The van der Waals surface area contributed by atoms with Gasteiger partial charge in [-0.25, -0.2) is 9.97 Å². The molecule has 0 fully saturated rings. The van der Waals surface area contributed by atoms with Gasteiger partial charge in [0.25, 0.3) is 0 Å². The number of nitrogens with one attached hydrogen (secondary N) is 1. The van der Waals surface area contributed by atoms with E-state index in [4.69, 9.17) is 11.1 Å². The molecule has 1 heterocycles. The van der Waals surface area contributed by atoms with Crippen LogP contribution in [0.3, 0.4) is 0 Å². The largest absolute Gasteiger partial charge is 0.430 e. The van der Waals surface area contributed by atoms with E-state index < -0.39 is 17.6 Å². The zero-order valence-electron chi connectivity index (χ0n) is 9.57. The van der Waals surface area contributed by atoms with Crippen LogP contribution in [0.15, 0.2) is 42.4 Å². The normalized spacial score (nSPS) is 12.7. The third-order valence-corrected chi connectivity index (χ3v) is 2.43. The molecular formula is C12H9F3N4. The molecule has 0 saturated heterocycles. The zero-order chi connectivity index (χ0) is 14.0. The first-order valence-electron chi connectivity index (χ1n) is 5.22. The zero-order valence-corrected chi connectivity index (χ0v) is 9.57. The lowest BCUT2D eigenvalue weighted by Gasteiger charge is -2.07. The Morgan fingerprint density at radius 3 is 2.58 bits per heavy atom. The number of para-hydroxylation sites is 1. The van der Waals surface area contributed by atoms with Crippen LogP contribution in [0.4, 0.5) is 13.2 Å². The molecular weight excluding hydrogens is 257 g/mol. The van der Waals surface area contributed by atoms with Crippen LogP contribution in [0.5, 0.6) is 0 Å². The summed E-state index contributed by atoms with van der Waals surface area (Å²) in [6, 6.07) is 6.75. The van der Waals surface area contributed by atoms with Crippen LogP contribution in [-0.2, 0) is 0 Å². The molecule has 0 saturated carbocycles. The molecule has 4 nitrogen and oxygen atoms in total. The van der Waals surface area contributed by atoms with Crippen molar-refractivity contribution in [2.75, 3.05) is 0 Å². The summed E-state index contributed by atoms with van der Waals surface area (Å²) in [6.45, 7) is 0. The summed E-state index contributed by atoms with van der Waals surface area (Å²) >= 11 is 0. The number of rotatable bonds is 2. The van der Waals surface area contributed by atoms with Gasteiger partial charge in [0.1, 0.15) is 12.0 Å². The molecule has 0 bridgehead atoms. The molecule has 0 unspecified atom stereocenters. The summed E-state index contributed by atoms with van der Waals surface area (Å²) in [4.78, 5) is 7.81. The first kappa shape index (κ1) is 13.0. The SMILES string of the molecule is N=C(C=C(N)C(F)(F)F)c1ncnc2ccccc12. The van der Waals surface area contributed by atoms with Crippen molar-refractivity contribution >= 4 is 16.6 Å². The fraction of sp³-hybridized carbons (Fsp3) is 0.0833. The highest BCUT2D eigenvalue weighted by Crippen LogP contribution is 2.22. The highest BCUT2D eigenvalue weighted by Gasteiger charge is 2.31. The first-order valence-corrected chi connectivity index (χ1v) is 5.22. The maximum atomic E-state index is 12.3. The number of hydrogen-bond acceptors (Lipinski definition) is 4. The van der Waals surface area contributed by atoms with E-state index >= 15 is 0 Å². The third-order valence-electron chi connectivity index (χ3n) is 2.43. The van der Waals surface area contributed by atoms with Gasteiger partial charge in [0.2, 0.25) is 0 Å². The molecule has 2 rings (SSSR count). The summed E-state index contributed by atoms with van der Waals surface area (Å²) in [5.41, 5.74) is 3.80. The molecule has 0 aliphatic rings. The van der Waals surface area contributed by atoms with Crippen molar-refractivity contribution in [3.05, 3.63) is 48.1 Å². The van der Waals surface area contributed by atoms with Gasteiger partial charge >= 0.3 is 6.18 Å². The van der Waals surface area contributed by atoms with Gasteiger partial charge in [-0.15, -0.1) is 0 Å². The lowest BCUT2D eigenvalue weighted by atomic mass is 10.1. The van der Waals surface area contributed by atoms with Crippen LogP contribution in [0.1, 0.15) is 5.69 Å². The Morgan fingerprint density at radius 2 is 1.89 bits per heavy atom. The molecule has 19 heavy (non-hydrogen) atoms. The van der Waals surface area contributed by atoms with Crippen molar-refractivity contribution < 1.29 is 13.2 Å². The summed E-state index contributed by atoms with van der Waals surface area (Å²) in [7, 11) is 0. The second-order valence-corrected chi connectivity index (χ2v) is 3.75. The topological polar surface area (TPSA) is 75.7 Å². The van der Waals surface area contributed by atoms with Crippen molar-refractivity contribution in [3.8, 4) is 0 Å². The molecule has 7 heteroatoms. The third kappa shape index (κ3) is 2.70. The van der Waals surface area contributed by atoms with Gasteiger partial charge in [-0.2, -0.15) is 13.2 Å². The average Bonchev–Trinajstić information content (AvgIpc) is 2.36.